The van der Waals surface area contributed by atoms with Gasteiger partial charge in [0.2, 0.25) is 5.69 Å². The minimum Gasteiger partial charge on any atom is -0.491 e. The largest absolute Gasteiger partial charge is 0.491 e. The summed E-state index contributed by atoms with van der Waals surface area (Å²) in [4.78, 5) is 15.3. The maximum Gasteiger partial charge on any atom is 0.237 e. The van der Waals surface area contributed by atoms with Crippen molar-refractivity contribution in [1.29, 1.82) is 5.26 Å². The zero-order chi connectivity index (χ0) is 28.5. The Morgan fingerprint density at radius 2 is 1.85 bits per heavy atom. The first kappa shape index (κ1) is 29.3. The number of methoxy groups -OCH3 is 1. The number of aliphatic hydroxyl groups is 1. The summed E-state index contributed by atoms with van der Waals surface area (Å²) in [5, 5.41) is 23.4. The molecule has 1 N–H and O–H groups in total. The molecule has 2 aromatic heterocycles. The molecule has 2 heterocycles. The highest BCUT2D eigenvalue weighted by atomic mass is 35.5. The molecule has 0 fully saturated rings. The number of rotatable bonds is 12. The van der Waals surface area contributed by atoms with Gasteiger partial charge < -0.3 is 19.5 Å². The summed E-state index contributed by atoms with van der Waals surface area (Å²) >= 11 is 8.97. The number of pyridine rings is 1. The van der Waals surface area contributed by atoms with Crippen molar-refractivity contribution in [2.24, 2.45) is 0 Å². The number of hydrogen-bond acceptors (Lipinski definition) is 9. The van der Waals surface area contributed by atoms with Gasteiger partial charge in [-0.1, -0.05) is 47.6 Å². The average molecular weight is 592 g/mol. The van der Waals surface area contributed by atoms with Gasteiger partial charge in [-0.25, -0.2) is 14.8 Å². The third-order valence-electron chi connectivity index (χ3n) is 5.84. The molecular formula is C29H26ClN5O3S2. The molecule has 0 aliphatic heterocycles. The third kappa shape index (κ3) is 6.92. The summed E-state index contributed by atoms with van der Waals surface area (Å²) < 4.78 is 10.7. The van der Waals surface area contributed by atoms with E-state index in [4.69, 9.17) is 42.7 Å². The van der Waals surface area contributed by atoms with Gasteiger partial charge in [-0.3, -0.25) is 0 Å². The van der Waals surface area contributed by atoms with Gasteiger partial charge in [-0.05, 0) is 29.8 Å². The highest BCUT2D eigenvalue weighted by Gasteiger charge is 2.24. The molecule has 0 amide bonds. The van der Waals surface area contributed by atoms with E-state index in [0.29, 0.717) is 62.9 Å². The average Bonchev–Trinajstić information content (AvgIpc) is 3.46. The summed E-state index contributed by atoms with van der Waals surface area (Å²) in [6.07, 6.45) is 0. The highest BCUT2D eigenvalue weighted by molar-refractivity contribution is 7.98. The van der Waals surface area contributed by atoms with E-state index in [-0.39, 0.29) is 13.2 Å². The van der Waals surface area contributed by atoms with E-state index in [9.17, 15) is 5.26 Å². The van der Waals surface area contributed by atoms with E-state index in [1.807, 2.05) is 53.7 Å². The summed E-state index contributed by atoms with van der Waals surface area (Å²) in [7, 11) is 3.47. The second kappa shape index (κ2) is 14.1. The molecule has 0 aliphatic rings. The SMILES string of the molecule is [C-]#[N+]c1c(N(C)CCOC)nc(SCc2csc(-c3ccc(Cl)cc3)n2)c(C#N)c1-c1ccc(OCCO)cc1. The Bertz CT molecular complexity index is 1530. The summed E-state index contributed by atoms with van der Waals surface area (Å²) in [6.45, 7) is 9.06. The third-order valence-corrected chi connectivity index (χ3v) is 8.04. The molecule has 8 nitrogen and oxygen atoms in total. The maximum absolute atomic E-state index is 10.3. The van der Waals surface area contributed by atoms with E-state index in [1.165, 1.54) is 11.8 Å². The van der Waals surface area contributed by atoms with Gasteiger partial charge in [0.25, 0.3) is 0 Å². The van der Waals surface area contributed by atoms with Gasteiger partial charge in [0.05, 0.1) is 31.0 Å². The number of benzene rings is 2. The van der Waals surface area contributed by atoms with Gasteiger partial charge in [-0.2, -0.15) is 5.26 Å². The smallest absolute Gasteiger partial charge is 0.237 e. The number of ether oxygens (including phenoxy) is 2. The molecule has 11 heteroatoms. The Morgan fingerprint density at radius 3 is 2.50 bits per heavy atom. The number of halogens is 1. The number of thiazole rings is 1. The lowest BCUT2D eigenvalue weighted by molar-refractivity contribution is 0.201. The normalized spacial score (nSPS) is 10.7. The van der Waals surface area contributed by atoms with Gasteiger partial charge in [0.1, 0.15) is 34.3 Å². The Labute approximate surface area is 246 Å². The first-order valence-corrected chi connectivity index (χ1v) is 14.5. The maximum atomic E-state index is 10.3. The number of anilines is 1. The minimum absolute atomic E-state index is 0.0928. The molecule has 0 saturated heterocycles. The molecule has 0 saturated carbocycles. The molecule has 0 atom stereocenters. The number of likely N-dealkylation sites (N-methyl/N-ethyl adjacent to an activating group) is 1. The van der Waals surface area contributed by atoms with Crippen molar-refractivity contribution in [2.45, 2.75) is 10.8 Å². The van der Waals surface area contributed by atoms with Crippen LogP contribution in [0.25, 0.3) is 26.5 Å². The highest BCUT2D eigenvalue weighted by Crippen LogP contribution is 2.44. The number of nitriles is 1. The Morgan fingerprint density at radius 1 is 1.12 bits per heavy atom. The van der Waals surface area contributed by atoms with E-state index < -0.39 is 0 Å². The van der Waals surface area contributed by atoms with E-state index in [2.05, 4.69) is 10.9 Å². The van der Waals surface area contributed by atoms with Crippen LogP contribution in [0.3, 0.4) is 0 Å². The van der Waals surface area contributed by atoms with Crippen molar-refractivity contribution < 1.29 is 14.6 Å². The second-order valence-electron chi connectivity index (χ2n) is 8.51. The number of aliphatic hydroxyl groups excluding tert-OH is 1. The van der Waals surface area contributed by atoms with Crippen molar-refractivity contribution in [3.8, 4) is 33.5 Å². The Balaban J connectivity index is 1.72. The van der Waals surface area contributed by atoms with Crippen molar-refractivity contribution in [3.05, 3.63) is 81.6 Å². The fourth-order valence-corrected chi connectivity index (χ4v) is 5.79. The van der Waals surface area contributed by atoms with Crippen LogP contribution in [-0.4, -0.2) is 55.6 Å². The molecule has 0 spiro atoms. The first-order chi connectivity index (χ1) is 19.5. The van der Waals surface area contributed by atoms with Crippen LogP contribution < -0.4 is 9.64 Å². The van der Waals surface area contributed by atoms with Crippen LogP contribution in [0.1, 0.15) is 11.3 Å². The van der Waals surface area contributed by atoms with Crippen LogP contribution in [-0.2, 0) is 10.5 Å². The fraction of sp³-hybridized carbons (Fsp3) is 0.241. The lowest BCUT2D eigenvalue weighted by Crippen LogP contribution is -2.23. The summed E-state index contributed by atoms with van der Waals surface area (Å²) in [6, 6.07) is 17.0. The van der Waals surface area contributed by atoms with E-state index in [0.717, 1.165) is 16.3 Å². The minimum atomic E-state index is -0.0928. The first-order valence-electron chi connectivity index (χ1n) is 12.2. The molecular weight excluding hydrogens is 566 g/mol. The van der Waals surface area contributed by atoms with Crippen molar-refractivity contribution in [3.63, 3.8) is 0 Å². The van der Waals surface area contributed by atoms with Crippen molar-refractivity contribution in [2.75, 3.05) is 45.4 Å². The van der Waals surface area contributed by atoms with Gasteiger partial charge in [0, 0.05) is 48.0 Å². The number of aromatic nitrogens is 2. The van der Waals surface area contributed by atoms with Gasteiger partial charge in [0.15, 0.2) is 0 Å². The van der Waals surface area contributed by atoms with Crippen LogP contribution in [0, 0.1) is 17.9 Å². The van der Waals surface area contributed by atoms with Gasteiger partial charge in [-0.15, -0.1) is 11.3 Å². The Kier molecular flexibility index (Phi) is 10.4. The predicted molar refractivity (Wildman–Crippen MR) is 160 cm³/mol. The van der Waals surface area contributed by atoms with Crippen molar-refractivity contribution >= 4 is 46.2 Å². The molecule has 0 radical (unpaired) electrons. The zero-order valence-corrected chi connectivity index (χ0v) is 24.3. The fourth-order valence-electron chi connectivity index (χ4n) is 3.86. The number of nitrogens with zero attached hydrogens (tertiary/aromatic N) is 5. The quantitative estimate of drug-likeness (QED) is 0.144. The number of thioether (sulfide) groups is 1. The lowest BCUT2D eigenvalue weighted by Gasteiger charge is -2.23. The topological polar surface area (TPSA) is 95.9 Å². The van der Waals surface area contributed by atoms with E-state index in [1.54, 1.807) is 30.6 Å². The molecule has 4 aromatic rings. The van der Waals surface area contributed by atoms with E-state index >= 15 is 0 Å². The van der Waals surface area contributed by atoms with Crippen molar-refractivity contribution in [1.82, 2.24) is 9.97 Å². The molecule has 0 bridgehead atoms. The molecule has 0 unspecified atom stereocenters. The Hall–Kier alpha value is -3.64. The predicted octanol–water partition coefficient (Wildman–Crippen LogP) is 6.69. The van der Waals surface area contributed by atoms with Crippen LogP contribution in [0.15, 0.2) is 58.9 Å². The second-order valence-corrected chi connectivity index (χ2v) is 10.8. The molecule has 204 valence electrons. The van der Waals surface area contributed by atoms with Gasteiger partial charge >= 0.3 is 0 Å². The standard InChI is InChI=1S/C29H26ClN5O3S2/c1-32-26-25(19-6-10-23(11-7-19)38-15-13-36)24(16-31)29(34-27(26)35(2)12-14-37-3)40-18-22-17-39-28(33-22)20-4-8-21(30)9-5-20/h4-11,17,36H,12-15,18H2,2-3H3. The zero-order valence-electron chi connectivity index (χ0n) is 21.9. The van der Waals surface area contributed by atoms with Crippen LogP contribution in [0.2, 0.25) is 5.02 Å². The molecule has 0 aliphatic carbocycles. The van der Waals surface area contributed by atoms with Crippen LogP contribution in [0.4, 0.5) is 11.5 Å². The summed E-state index contributed by atoms with van der Waals surface area (Å²) in [5.74, 6) is 1.56. The monoisotopic (exact) mass is 591 g/mol. The van der Waals surface area contributed by atoms with Crippen LogP contribution in [0.5, 0.6) is 5.75 Å². The molecule has 4 rings (SSSR count). The molecule has 40 heavy (non-hydrogen) atoms. The lowest BCUT2D eigenvalue weighted by atomic mass is 9.99. The number of hydrogen-bond donors (Lipinski definition) is 1. The van der Waals surface area contributed by atoms with Crippen LogP contribution >= 0.6 is 34.7 Å². The summed E-state index contributed by atoms with van der Waals surface area (Å²) in [5.41, 5.74) is 3.69. The molecule has 2 aromatic carbocycles.